The summed E-state index contributed by atoms with van der Waals surface area (Å²) in [4.78, 5) is 25.2. The van der Waals surface area contributed by atoms with Gasteiger partial charge in [0.25, 0.3) is 0 Å². The zero-order valence-corrected chi connectivity index (χ0v) is 14.9. The second kappa shape index (κ2) is 7.58. The van der Waals surface area contributed by atoms with E-state index in [2.05, 4.69) is 27.2 Å². The highest BCUT2D eigenvalue weighted by atomic mass is 35.5. The summed E-state index contributed by atoms with van der Waals surface area (Å²) in [7, 11) is 0. The van der Waals surface area contributed by atoms with E-state index in [4.69, 9.17) is 16.7 Å². The molecule has 3 aromatic rings. The topological polar surface area (TPSA) is 88.0 Å². The van der Waals surface area contributed by atoms with Gasteiger partial charge >= 0.3 is 5.97 Å². The fraction of sp³-hybridized carbons (Fsp3) is 0.176. The molecular weight excluding hydrogens is 360 g/mol. The number of benzene rings is 1. The molecule has 0 saturated carbocycles. The lowest BCUT2D eigenvalue weighted by Crippen LogP contribution is -2.05. The molecule has 0 aliphatic rings. The number of nitrogens with zero attached hydrogens (tertiary/aromatic N) is 3. The fourth-order valence-corrected chi connectivity index (χ4v) is 3.16. The minimum Gasteiger partial charge on any atom is -0.478 e. The van der Waals surface area contributed by atoms with E-state index in [1.54, 1.807) is 12.1 Å². The summed E-state index contributed by atoms with van der Waals surface area (Å²) in [5.41, 5.74) is 0.926. The van der Waals surface area contributed by atoms with Crippen molar-refractivity contribution in [3.8, 4) is 10.7 Å². The number of carboxylic acid groups (broad SMARTS) is 1. The average Bonchev–Trinajstić information content (AvgIpc) is 3.02. The van der Waals surface area contributed by atoms with Crippen molar-refractivity contribution in [3.63, 3.8) is 0 Å². The number of aromatic nitrogens is 3. The van der Waals surface area contributed by atoms with Gasteiger partial charge in [-0.2, -0.15) is 9.97 Å². The van der Waals surface area contributed by atoms with Gasteiger partial charge in [0.05, 0.1) is 14.8 Å². The maximum Gasteiger partial charge on any atom is 0.335 e. The van der Waals surface area contributed by atoms with Crippen LogP contribution in [0.2, 0.25) is 4.34 Å². The molecule has 0 aliphatic heterocycles. The van der Waals surface area contributed by atoms with Crippen molar-refractivity contribution in [2.24, 2.45) is 0 Å². The van der Waals surface area contributed by atoms with Crippen LogP contribution in [0.1, 0.15) is 29.5 Å². The van der Waals surface area contributed by atoms with Crippen molar-refractivity contribution in [1.29, 1.82) is 0 Å². The van der Waals surface area contributed by atoms with Gasteiger partial charge in [0.2, 0.25) is 5.95 Å². The minimum absolute atomic E-state index is 0.224. The lowest BCUT2D eigenvalue weighted by atomic mass is 10.2. The Morgan fingerprint density at radius 2 is 1.92 bits per heavy atom. The number of hydrogen-bond donors (Lipinski definition) is 2. The first-order valence-corrected chi connectivity index (χ1v) is 8.85. The Morgan fingerprint density at radius 3 is 2.52 bits per heavy atom. The molecule has 2 N–H and O–H groups in total. The van der Waals surface area contributed by atoms with Gasteiger partial charge in [-0.3, -0.25) is 0 Å². The Labute approximate surface area is 153 Å². The first-order chi connectivity index (χ1) is 12.0. The van der Waals surface area contributed by atoms with E-state index in [9.17, 15) is 4.79 Å². The number of carboxylic acids is 1. The van der Waals surface area contributed by atoms with Crippen molar-refractivity contribution in [1.82, 2.24) is 15.0 Å². The number of rotatable bonds is 6. The van der Waals surface area contributed by atoms with Crippen LogP contribution in [0.5, 0.6) is 0 Å². The highest BCUT2D eigenvalue weighted by Crippen LogP contribution is 2.29. The van der Waals surface area contributed by atoms with Gasteiger partial charge in [-0.05, 0) is 42.8 Å². The second-order valence-electron chi connectivity index (χ2n) is 5.26. The van der Waals surface area contributed by atoms with Crippen LogP contribution in [0.4, 0.5) is 11.6 Å². The zero-order valence-electron chi connectivity index (χ0n) is 13.4. The molecular formula is C17H15ClN4O2S. The third-order valence-corrected chi connectivity index (χ3v) is 4.56. The van der Waals surface area contributed by atoms with E-state index < -0.39 is 5.97 Å². The molecule has 128 valence electrons. The summed E-state index contributed by atoms with van der Waals surface area (Å²) in [6, 6.07) is 10.1. The van der Waals surface area contributed by atoms with Crippen LogP contribution < -0.4 is 5.32 Å². The van der Waals surface area contributed by atoms with E-state index in [-0.39, 0.29) is 5.56 Å². The molecule has 6 nitrogen and oxygen atoms in total. The average molecular weight is 375 g/mol. The number of aryl methyl sites for hydroxylation is 1. The molecule has 0 radical (unpaired) electrons. The Hall–Kier alpha value is -2.51. The minimum atomic E-state index is -0.964. The van der Waals surface area contributed by atoms with Crippen LogP contribution >= 0.6 is 22.9 Å². The Kier molecular flexibility index (Phi) is 5.25. The van der Waals surface area contributed by atoms with Gasteiger partial charge in [-0.1, -0.05) is 18.5 Å². The molecule has 0 saturated heterocycles. The number of nitrogens with one attached hydrogen (secondary N) is 1. The molecule has 0 unspecified atom stereocenters. The van der Waals surface area contributed by atoms with Crippen LogP contribution in [0.15, 0.2) is 36.4 Å². The van der Waals surface area contributed by atoms with Crippen molar-refractivity contribution >= 4 is 40.5 Å². The van der Waals surface area contributed by atoms with Crippen LogP contribution in [-0.2, 0) is 6.42 Å². The summed E-state index contributed by atoms with van der Waals surface area (Å²) < 4.78 is 0.672. The highest BCUT2D eigenvalue weighted by Gasteiger charge is 2.11. The molecule has 0 amide bonds. The van der Waals surface area contributed by atoms with Crippen LogP contribution in [0.3, 0.4) is 0 Å². The molecule has 2 aromatic heterocycles. The van der Waals surface area contributed by atoms with Crippen LogP contribution in [0.25, 0.3) is 10.7 Å². The summed E-state index contributed by atoms with van der Waals surface area (Å²) >= 11 is 7.41. The van der Waals surface area contributed by atoms with E-state index in [1.165, 1.54) is 23.5 Å². The lowest BCUT2D eigenvalue weighted by molar-refractivity contribution is 0.0697. The fourth-order valence-electron chi connectivity index (χ4n) is 2.18. The number of halogens is 1. The molecule has 1 aromatic carbocycles. The van der Waals surface area contributed by atoms with E-state index in [1.807, 2.05) is 12.1 Å². The van der Waals surface area contributed by atoms with Crippen LogP contribution in [-0.4, -0.2) is 26.0 Å². The van der Waals surface area contributed by atoms with E-state index in [0.29, 0.717) is 27.6 Å². The SMILES string of the molecule is CCCc1nc(Nc2ccc(C(=O)O)cc2)nc(-c2ccc(Cl)s2)n1. The van der Waals surface area contributed by atoms with E-state index >= 15 is 0 Å². The number of carbonyl (C=O) groups is 1. The maximum atomic E-state index is 10.9. The van der Waals surface area contributed by atoms with Crippen molar-refractivity contribution in [2.75, 3.05) is 5.32 Å². The van der Waals surface area contributed by atoms with Gasteiger partial charge in [-0.25, -0.2) is 9.78 Å². The summed E-state index contributed by atoms with van der Waals surface area (Å²) in [6.45, 7) is 2.06. The van der Waals surface area contributed by atoms with E-state index in [0.717, 1.165) is 17.7 Å². The second-order valence-corrected chi connectivity index (χ2v) is 6.98. The van der Waals surface area contributed by atoms with Crippen molar-refractivity contribution < 1.29 is 9.90 Å². The standard InChI is InChI=1S/C17H15ClN4O2S/c1-2-3-14-20-15(12-8-9-13(18)25-12)22-17(21-14)19-11-6-4-10(5-7-11)16(23)24/h4-9H,2-3H2,1H3,(H,23,24)(H,19,20,21,22). The highest BCUT2D eigenvalue weighted by molar-refractivity contribution is 7.19. The number of anilines is 2. The maximum absolute atomic E-state index is 10.9. The number of aromatic carboxylic acids is 1. The molecule has 0 fully saturated rings. The van der Waals surface area contributed by atoms with Gasteiger partial charge in [0.15, 0.2) is 5.82 Å². The van der Waals surface area contributed by atoms with Gasteiger partial charge in [0.1, 0.15) is 5.82 Å². The van der Waals surface area contributed by atoms with Gasteiger partial charge < -0.3 is 10.4 Å². The Balaban J connectivity index is 1.91. The number of hydrogen-bond acceptors (Lipinski definition) is 6. The van der Waals surface area contributed by atoms with Gasteiger partial charge in [0, 0.05) is 12.1 Å². The third-order valence-electron chi connectivity index (χ3n) is 3.34. The molecule has 2 heterocycles. The summed E-state index contributed by atoms with van der Waals surface area (Å²) in [5, 5.41) is 12.1. The molecule has 25 heavy (non-hydrogen) atoms. The predicted molar refractivity (Wildman–Crippen MR) is 98.8 cm³/mol. The molecule has 0 atom stereocenters. The lowest BCUT2D eigenvalue weighted by Gasteiger charge is -2.08. The molecule has 0 aliphatic carbocycles. The zero-order chi connectivity index (χ0) is 17.8. The quantitative estimate of drug-likeness (QED) is 0.653. The smallest absolute Gasteiger partial charge is 0.335 e. The largest absolute Gasteiger partial charge is 0.478 e. The predicted octanol–water partition coefficient (Wildman–Crippen LogP) is 4.65. The monoisotopic (exact) mass is 374 g/mol. The summed E-state index contributed by atoms with van der Waals surface area (Å²) in [5.74, 6) is 0.719. The first kappa shape index (κ1) is 17.3. The van der Waals surface area contributed by atoms with Crippen molar-refractivity contribution in [3.05, 3.63) is 52.1 Å². The molecule has 8 heteroatoms. The Bertz CT molecular complexity index is 896. The summed E-state index contributed by atoms with van der Waals surface area (Å²) in [6.07, 6.45) is 1.66. The molecule has 0 bridgehead atoms. The van der Waals surface area contributed by atoms with Gasteiger partial charge in [-0.15, -0.1) is 11.3 Å². The molecule has 3 rings (SSSR count). The first-order valence-electron chi connectivity index (χ1n) is 7.66. The molecule has 0 spiro atoms. The number of thiophene rings is 1. The Morgan fingerprint density at radius 1 is 1.16 bits per heavy atom. The normalized spacial score (nSPS) is 10.6. The third kappa shape index (κ3) is 4.32. The van der Waals surface area contributed by atoms with Crippen LogP contribution in [0, 0.1) is 0 Å². The van der Waals surface area contributed by atoms with Crippen molar-refractivity contribution in [2.45, 2.75) is 19.8 Å².